The van der Waals surface area contributed by atoms with E-state index in [-0.39, 0.29) is 31.0 Å². The Labute approximate surface area is 190 Å². The summed E-state index contributed by atoms with van der Waals surface area (Å²) in [5.74, 6) is -2.46. The van der Waals surface area contributed by atoms with Crippen molar-refractivity contribution in [3.05, 3.63) is 35.9 Å². The summed E-state index contributed by atoms with van der Waals surface area (Å²) in [4.78, 5) is 40.7. The van der Waals surface area contributed by atoms with E-state index in [1.165, 1.54) is 4.90 Å². The van der Waals surface area contributed by atoms with Crippen molar-refractivity contribution in [2.24, 2.45) is 11.8 Å². The van der Waals surface area contributed by atoms with Crippen LogP contribution in [0.25, 0.3) is 0 Å². The highest BCUT2D eigenvalue weighted by Gasteiger charge is 2.51. The number of amides is 1. The maximum atomic E-state index is 13.3. The van der Waals surface area contributed by atoms with Crippen molar-refractivity contribution >= 4 is 17.7 Å². The quantitative estimate of drug-likeness (QED) is 0.512. The average molecular weight is 446 g/mol. The van der Waals surface area contributed by atoms with Crippen molar-refractivity contribution in [2.45, 2.75) is 76.7 Å². The summed E-state index contributed by atoms with van der Waals surface area (Å²) in [6, 6.07) is 8.52. The number of piperidine rings is 1. The Hall–Kier alpha value is -2.25. The molecule has 1 aromatic rings. The third kappa shape index (κ3) is 5.21. The lowest BCUT2D eigenvalue weighted by Gasteiger charge is -2.43. The highest BCUT2D eigenvalue weighted by Crippen LogP contribution is 2.40. The first-order chi connectivity index (χ1) is 15.3. The first-order valence-electron chi connectivity index (χ1n) is 11.6. The van der Waals surface area contributed by atoms with Gasteiger partial charge in [-0.25, -0.2) is 4.79 Å². The Bertz CT molecular complexity index is 812. The molecule has 1 aromatic carbocycles. The van der Waals surface area contributed by atoms with Crippen LogP contribution in [0.3, 0.4) is 0 Å². The third-order valence-electron chi connectivity index (χ3n) is 7.24. The Morgan fingerprint density at radius 1 is 1.16 bits per heavy atom. The summed E-state index contributed by atoms with van der Waals surface area (Å²) < 4.78 is 10.9. The normalized spacial score (nSPS) is 29.2. The van der Waals surface area contributed by atoms with Gasteiger partial charge in [-0.3, -0.25) is 9.59 Å². The van der Waals surface area contributed by atoms with Crippen LogP contribution in [0, 0.1) is 11.8 Å². The molecular formula is C25H35NO6. The van der Waals surface area contributed by atoms with Crippen LogP contribution in [0.15, 0.2) is 30.3 Å². The number of Topliss-reactive ketones (excluding diaryl/α,β-unsaturated/α-hetero) is 1. The number of likely N-dealkylation sites (tertiary alicyclic amines) is 1. The van der Waals surface area contributed by atoms with Crippen molar-refractivity contribution in [1.29, 1.82) is 0 Å². The van der Waals surface area contributed by atoms with Crippen LogP contribution >= 0.6 is 0 Å². The first kappa shape index (κ1) is 24.4. The zero-order valence-electron chi connectivity index (χ0n) is 19.3. The van der Waals surface area contributed by atoms with E-state index >= 15 is 0 Å². The van der Waals surface area contributed by atoms with E-state index in [0.717, 1.165) is 18.4 Å². The lowest BCUT2D eigenvalue weighted by molar-refractivity contribution is -0.170. The minimum Gasteiger partial charge on any atom is -0.459 e. The van der Waals surface area contributed by atoms with E-state index in [0.29, 0.717) is 25.8 Å². The molecule has 1 heterocycles. The molecule has 2 fully saturated rings. The smallest absolute Gasteiger partial charge is 0.329 e. The number of methoxy groups -OCH3 is 1. The fraction of sp³-hybridized carbons (Fsp3) is 0.640. The minimum absolute atomic E-state index is 0.00839. The van der Waals surface area contributed by atoms with Gasteiger partial charge in [0.15, 0.2) is 0 Å². The van der Waals surface area contributed by atoms with E-state index < -0.39 is 29.3 Å². The van der Waals surface area contributed by atoms with Crippen LogP contribution < -0.4 is 0 Å². The summed E-state index contributed by atoms with van der Waals surface area (Å²) in [7, 11) is 1.61. The van der Waals surface area contributed by atoms with E-state index in [2.05, 4.69) is 0 Å². The summed E-state index contributed by atoms with van der Waals surface area (Å²) in [6.45, 7) is 4.14. The SMILES string of the molecule is COC(C)[C@@H]1CC[C@@H](C)[C@](O)(C(=O)C(=O)N2CCCC[C@H]2C(=O)OCc2ccccc2)C1. The molecule has 1 amide bonds. The zero-order chi connectivity index (χ0) is 23.3. The van der Waals surface area contributed by atoms with Gasteiger partial charge in [-0.1, -0.05) is 37.3 Å². The largest absolute Gasteiger partial charge is 0.459 e. The monoisotopic (exact) mass is 445 g/mol. The van der Waals surface area contributed by atoms with Gasteiger partial charge in [0.1, 0.15) is 18.2 Å². The summed E-state index contributed by atoms with van der Waals surface area (Å²) in [5, 5.41) is 11.3. The predicted octanol–water partition coefficient (Wildman–Crippen LogP) is 2.88. The van der Waals surface area contributed by atoms with Gasteiger partial charge in [0, 0.05) is 13.7 Å². The van der Waals surface area contributed by atoms with Crippen LogP contribution in [-0.4, -0.2) is 59.1 Å². The fourth-order valence-corrected chi connectivity index (χ4v) is 4.88. The van der Waals surface area contributed by atoms with Crippen molar-refractivity contribution < 1.29 is 29.0 Å². The standard InChI is InChI=1S/C25H35NO6/c1-17-12-13-20(18(2)31-3)15-25(17,30)22(27)23(28)26-14-8-7-11-21(26)24(29)32-16-19-9-5-4-6-10-19/h4-6,9-10,17-18,20-21,30H,7-8,11-16H2,1-3H3/t17-,18?,20-,21+,25+/m1/s1. The number of carbonyl (C=O) groups is 3. The van der Waals surface area contributed by atoms with Crippen LogP contribution in [-0.2, 0) is 30.5 Å². The van der Waals surface area contributed by atoms with Gasteiger partial charge in [-0.05, 0) is 62.8 Å². The molecule has 1 aliphatic carbocycles. The van der Waals surface area contributed by atoms with Crippen molar-refractivity contribution in [1.82, 2.24) is 4.90 Å². The molecule has 0 aromatic heterocycles. The second-order valence-corrected chi connectivity index (χ2v) is 9.24. The van der Waals surface area contributed by atoms with E-state index in [4.69, 9.17) is 9.47 Å². The van der Waals surface area contributed by atoms with Crippen LogP contribution in [0.4, 0.5) is 0 Å². The lowest BCUT2D eigenvalue weighted by Crippen LogP contribution is -2.59. The molecule has 2 aliphatic rings. The third-order valence-corrected chi connectivity index (χ3v) is 7.24. The van der Waals surface area contributed by atoms with Crippen LogP contribution in [0.2, 0.25) is 0 Å². The van der Waals surface area contributed by atoms with Gasteiger partial charge < -0.3 is 19.5 Å². The summed E-state index contributed by atoms with van der Waals surface area (Å²) in [6.07, 6.45) is 3.46. The van der Waals surface area contributed by atoms with Crippen molar-refractivity contribution in [3.8, 4) is 0 Å². The molecule has 0 radical (unpaired) electrons. The number of aliphatic hydroxyl groups is 1. The minimum atomic E-state index is -1.75. The van der Waals surface area contributed by atoms with Crippen LogP contribution in [0.5, 0.6) is 0 Å². The van der Waals surface area contributed by atoms with Gasteiger partial charge >= 0.3 is 5.97 Å². The molecule has 5 atom stereocenters. The molecule has 0 spiro atoms. The average Bonchev–Trinajstić information content (AvgIpc) is 2.83. The number of hydrogen-bond donors (Lipinski definition) is 1. The molecule has 3 rings (SSSR count). The molecule has 1 saturated carbocycles. The number of esters is 1. The molecule has 32 heavy (non-hydrogen) atoms. The van der Waals surface area contributed by atoms with E-state index in [1.807, 2.05) is 37.3 Å². The second-order valence-electron chi connectivity index (χ2n) is 9.24. The number of rotatable bonds is 7. The number of ketones is 1. The molecule has 176 valence electrons. The molecule has 1 N–H and O–H groups in total. The predicted molar refractivity (Wildman–Crippen MR) is 119 cm³/mol. The highest BCUT2D eigenvalue weighted by atomic mass is 16.5. The Balaban J connectivity index is 1.71. The molecular weight excluding hydrogens is 410 g/mol. The van der Waals surface area contributed by atoms with Crippen LogP contribution in [0.1, 0.15) is 57.9 Å². The topological polar surface area (TPSA) is 93.1 Å². The van der Waals surface area contributed by atoms with Gasteiger partial charge in [-0.2, -0.15) is 0 Å². The number of nitrogens with zero attached hydrogens (tertiary/aromatic N) is 1. The number of benzene rings is 1. The van der Waals surface area contributed by atoms with Gasteiger partial charge in [-0.15, -0.1) is 0 Å². The van der Waals surface area contributed by atoms with Crippen molar-refractivity contribution in [3.63, 3.8) is 0 Å². The summed E-state index contributed by atoms with van der Waals surface area (Å²) >= 11 is 0. The molecule has 7 heteroatoms. The Kier molecular flexibility index (Phi) is 8.06. The summed E-state index contributed by atoms with van der Waals surface area (Å²) in [5.41, 5.74) is -0.891. The lowest BCUT2D eigenvalue weighted by atomic mass is 9.68. The first-order valence-corrected chi connectivity index (χ1v) is 11.6. The van der Waals surface area contributed by atoms with E-state index in [1.54, 1.807) is 14.0 Å². The number of hydrogen-bond acceptors (Lipinski definition) is 6. The molecule has 1 aliphatic heterocycles. The number of ether oxygens (including phenoxy) is 2. The Morgan fingerprint density at radius 2 is 1.88 bits per heavy atom. The zero-order valence-corrected chi connectivity index (χ0v) is 19.3. The highest BCUT2D eigenvalue weighted by molar-refractivity contribution is 6.39. The van der Waals surface area contributed by atoms with Gasteiger partial charge in [0.05, 0.1) is 6.10 Å². The molecule has 1 saturated heterocycles. The second kappa shape index (κ2) is 10.6. The van der Waals surface area contributed by atoms with E-state index in [9.17, 15) is 19.5 Å². The van der Waals surface area contributed by atoms with Crippen molar-refractivity contribution in [2.75, 3.05) is 13.7 Å². The Morgan fingerprint density at radius 3 is 2.56 bits per heavy atom. The number of carbonyl (C=O) groups excluding carboxylic acids is 3. The molecule has 7 nitrogen and oxygen atoms in total. The molecule has 0 bridgehead atoms. The van der Waals surface area contributed by atoms with Gasteiger partial charge in [0.25, 0.3) is 11.7 Å². The molecule has 1 unspecified atom stereocenters. The maximum Gasteiger partial charge on any atom is 0.329 e. The van der Waals surface area contributed by atoms with Gasteiger partial charge in [0.2, 0.25) is 0 Å². The fourth-order valence-electron chi connectivity index (χ4n) is 4.88. The maximum absolute atomic E-state index is 13.3.